The summed E-state index contributed by atoms with van der Waals surface area (Å²) < 4.78 is 1.75. The van der Waals surface area contributed by atoms with Gasteiger partial charge in [0.25, 0.3) is 0 Å². The summed E-state index contributed by atoms with van der Waals surface area (Å²) in [6.45, 7) is 4.46. The maximum atomic E-state index is 11.6. The zero-order chi connectivity index (χ0) is 12.4. The summed E-state index contributed by atoms with van der Waals surface area (Å²) in [6.07, 6.45) is 0. The molecule has 0 amide bonds. The van der Waals surface area contributed by atoms with E-state index in [1.807, 2.05) is 31.4 Å². The van der Waals surface area contributed by atoms with Crippen molar-refractivity contribution >= 4 is 11.3 Å². The van der Waals surface area contributed by atoms with Crippen molar-refractivity contribution < 1.29 is 0 Å². The van der Waals surface area contributed by atoms with Crippen molar-refractivity contribution in [3.63, 3.8) is 0 Å². The molecule has 2 aromatic rings. The minimum Gasteiger partial charge on any atom is -0.299 e. The molecule has 0 bridgehead atoms. The summed E-state index contributed by atoms with van der Waals surface area (Å²) in [5.41, 5.74) is 3.75. The van der Waals surface area contributed by atoms with Crippen molar-refractivity contribution in [1.29, 1.82) is 5.26 Å². The molecule has 2 rings (SSSR count). The molecule has 0 N–H and O–H groups in total. The summed E-state index contributed by atoms with van der Waals surface area (Å²) in [4.78, 5) is 11.7. The third kappa shape index (κ3) is 2.29. The van der Waals surface area contributed by atoms with Crippen molar-refractivity contribution in [2.75, 3.05) is 0 Å². The Balaban J connectivity index is 2.38. The van der Waals surface area contributed by atoms with Crippen molar-refractivity contribution in [2.24, 2.45) is 0 Å². The highest BCUT2D eigenvalue weighted by Gasteiger charge is 2.06. The van der Waals surface area contributed by atoms with Gasteiger partial charge in [0.1, 0.15) is 0 Å². The standard InChI is InChI=1S/C13H12N2OS/c1-9-5-11(6-14)3-4-12(9)7-15-10(2)8-17-13(15)16/h3-5,8H,7H2,1-2H3. The molecule has 1 aromatic carbocycles. The van der Waals surface area contributed by atoms with E-state index in [1.165, 1.54) is 11.3 Å². The lowest BCUT2D eigenvalue weighted by molar-refractivity contribution is 0.751. The number of thiazole rings is 1. The van der Waals surface area contributed by atoms with Gasteiger partial charge in [-0.05, 0) is 37.1 Å². The Bertz CT molecular complexity index is 646. The molecule has 0 saturated carbocycles. The minimum atomic E-state index is 0.0614. The summed E-state index contributed by atoms with van der Waals surface area (Å²) in [5, 5.41) is 10.7. The Morgan fingerprint density at radius 2 is 2.18 bits per heavy atom. The third-order valence-corrected chi connectivity index (χ3v) is 3.66. The lowest BCUT2D eigenvalue weighted by atomic mass is 10.1. The van der Waals surface area contributed by atoms with Crippen LogP contribution in [0.2, 0.25) is 0 Å². The van der Waals surface area contributed by atoms with Gasteiger partial charge >= 0.3 is 4.87 Å². The highest BCUT2D eigenvalue weighted by molar-refractivity contribution is 7.07. The second-order valence-electron chi connectivity index (χ2n) is 3.98. The number of aryl methyl sites for hydroxylation is 2. The first-order chi connectivity index (χ1) is 8.11. The number of hydrogen-bond donors (Lipinski definition) is 0. The molecule has 0 fully saturated rings. The number of nitriles is 1. The Morgan fingerprint density at radius 3 is 2.71 bits per heavy atom. The molecule has 17 heavy (non-hydrogen) atoms. The molecule has 1 heterocycles. The Kier molecular flexibility index (Phi) is 3.12. The fourth-order valence-corrected chi connectivity index (χ4v) is 2.44. The van der Waals surface area contributed by atoms with E-state index in [0.29, 0.717) is 12.1 Å². The fourth-order valence-electron chi connectivity index (χ4n) is 1.71. The smallest absolute Gasteiger partial charge is 0.299 e. The van der Waals surface area contributed by atoms with Crippen LogP contribution < -0.4 is 4.87 Å². The van der Waals surface area contributed by atoms with Gasteiger partial charge in [-0.1, -0.05) is 17.4 Å². The molecule has 0 aliphatic carbocycles. The van der Waals surface area contributed by atoms with E-state index in [-0.39, 0.29) is 4.87 Å². The van der Waals surface area contributed by atoms with Crippen molar-refractivity contribution in [3.05, 3.63) is 55.6 Å². The molecule has 0 saturated heterocycles. The molecule has 1 aromatic heterocycles. The number of nitrogens with zero attached hydrogens (tertiary/aromatic N) is 2. The molecule has 86 valence electrons. The molecule has 0 spiro atoms. The normalized spacial score (nSPS) is 10.2. The van der Waals surface area contributed by atoms with E-state index in [1.54, 1.807) is 10.6 Å². The van der Waals surface area contributed by atoms with Gasteiger partial charge in [-0.3, -0.25) is 9.36 Å². The number of hydrogen-bond acceptors (Lipinski definition) is 3. The number of benzene rings is 1. The largest absolute Gasteiger partial charge is 0.307 e. The fraction of sp³-hybridized carbons (Fsp3) is 0.231. The zero-order valence-electron chi connectivity index (χ0n) is 9.73. The first kappa shape index (κ1) is 11.6. The lowest BCUT2D eigenvalue weighted by Gasteiger charge is -2.08. The maximum absolute atomic E-state index is 11.6. The van der Waals surface area contributed by atoms with Gasteiger partial charge in [-0.25, -0.2) is 0 Å². The second kappa shape index (κ2) is 4.56. The van der Waals surface area contributed by atoms with Crippen molar-refractivity contribution in [3.8, 4) is 6.07 Å². The average Bonchev–Trinajstić information content (AvgIpc) is 2.63. The van der Waals surface area contributed by atoms with Crippen LogP contribution in [0.5, 0.6) is 0 Å². The first-order valence-corrected chi connectivity index (χ1v) is 6.14. The average molecular weight is 244 g/mol. The van der Waals surface area contributed by atoms with Gasteiger partial charge in [-0.15, -0.1) is 0 Å². The van der Waals surface area contributed by atoms with Crippen molar-refractivity contribution in [1.82, 2.24) is 4.57 Å². The SMILES string of the molecule is Cc1cc(C#N)ccc1Cn1c(C)csc1=O. The van der Waals surface area contributed by atoms with E-state index >= 15 is 0 Å². The van der Waals surface area contributed by atoms with Crippen LogP contribution in [-0.2, 0) is 6.54 Å². The van der Waals surface area contributed by atoms with E-state index in [4.69, 9.17) is 5.26 Å². The molecule has 3 nitrogen and oxygen atoms in total. The van der Waals surface area contributed by atoms with Crippen LogP contribution in [0, 0.1) is 25.2 Å². The van der Waals surface area contributed by atoms with Crippen LogP contribution in [0.1, 0.15) is 22.4 Å². The number of aromatic nitrogens is 1. The third-order valence-electron chi connectivity index (χ3n) is 2.78. The van der Waals surface area contributed by atoms with Crippen LogP contribution in [0.25, 0.3) is 0 Å². The summed E-state index contributed by atoms with van der Waals surface area (Å²) >= 11 is 1.22. The summed E-state index contributed by atoms with van der Waals surface area (Å²) in [7, 11) is 0. The molecular weight excluding hydrogens is 232 g/mol. The maximum Gasteiger partial charge on any atom is 0.307 e. The molecule has 0 radical (unpaired) electrons. The van der Waals surface area contributed by atoms with E-state index in [2.05, 4.69) is 6.07 Å². The van der Waals surface area contributed by atoms with Crippen LogP contribution in [-0.4, -0.2) is 4.57 Å². The quantitative estimate of drug-likeness (QED) is 0.814. The Labute approximate surface area is 104 Å². The second-order valence-corrected chi connectivity index (χ2v) is 4.80. The van der Waals surface area contributed by atoms with Gasteiger partial charge in [-0.2, -0.15) is 5.26 Å². The molecule has 0 unspecified atom stereocenters. The zero-order valence-corrected chi connectivity index (χ0v) is 10.5. The van der Waals surface area contributed by atoms with Gasteiger partial charge < -0.3 is 0 Å². The minimum absolute atomic E-state index is 0.0614. The lowest BCUT2D eigenvalue weighted by Crippen LogP contribution is -2.15. The predicted octanol–water partition coefficient (Wildman–Crippen LogP) is 2.45. The summed E-state index contributed by atoms with van der Waals surface area (Å²) in [5.74, 6) is 0. The van der Waals surface area contributed by atoms with Gasteiger partial charge in [0.2, 0.25) is 0 Å². The highest BCUT2D eigenvalue weighted by atomic mass is 32.1. The first-order valence-electron chi connectivity index (χ1n) is 5.26. The van der Waals surface area contributed by atoms with Crippen molar-refractivity contribution in [2.45, 2.75) is 20.4 Å². The van der Waals surface area contributed by atoms with E-state index in [0.717, 1.165) is 16.8 Å². The van der Waals surface area contributed by atoms with Crippen LogP contribution in [0.3, 0.4) is 0 Å². The van der Waals surface area contributed by atoms with Gasteiger partial charge in [0.15, 0.2) is 0 Å². The topological polar surface area (TPSA) is 45.8 Å². The van der Waals surface area contributed by atoms with Gasteiger partial charge in [0, 0.05) is 11.1 Å². The highest BCUT2D eigenvalue weighted by Crippen LogP contribution is 2.13. The molecular formula is C13H12N2OS. The van der Waals surface area contributed by atoms with Crippen LogP contribution in [0.15, 0.2) is 28.4 Å². The van der Waals surface area contributed by atoms with E-state index < -0.39 is 0 Å². The van der Waals surface area contributed by atoms with E-state index in [9.17, 15) is 4.79 Å². The number of rotatable bonds is 2. The Morgan fingerprint density at radius 1 is 1.41 bits per heavy atom. The summed E-state index contributed by atoms with van der Waals surface area (Å²) in [6, 6.07) is 7.66. The molecule has 0 atom stereocenters. The molecule has 0 aliphatic heterocycles. The van der Waals surface area contributed by atoms with Crippen LogP contribution in [0.4, 0.5) is 0 Å². The predicted molar refractivity (Wildman–Crippen MR) is 68.3 cm³/mol. The monoisotopic (exact) mass is 244 g/mol. The Hall–Kier alpha value is -1.86. The molecule has 4 heteroatoms. The van der Waals surface area contributed by atoms with Gasteiger partial charge in [0.05, 0.1) is 18.2 Å². The van der Waals surface area contributed by atoms with Crippen LogP contribution >= 0.6 is 11.3 Å². The molecule has 0 aliphatic rings.